The number of hydrogen-bond acceptors (Lipinski definition) is 4. The minimum atomic E-state index is -0.437. The van der Waals surface area contributed by atoms with Crippen molar-refractivity contribution < 1.29 is 14.5 Å². The van der Waals surface area contributed by atoms with Gasteiger partial charge in [-0.1, -0.05) is 50.1 Å². The molecule has 1 aromatic rings. The standard InChI is InChI=1S/C16H24N2O4/c1-3-4-10-15(11-12-18(20)21)17(2)16(19)22-13-14-8-6-5-7-9-14/h5-9,15H,3-4,10-13H2,1-2H3/t15-/m0/s1. The summed E-state index contributed by atoms with van der Waals surface area (Å²) in [4.78, 5) is 23.8. The maximum atomic E-state index is 12.1. The fourth-order valence-electron chi connectivity index (χ4n) is 2.20. The van der Waals surface area contributed by atoms with E-state index in [2.05, 4.69) is 6.92 Å². The SMILES string of the molecule is CCCC[C@@H](CC[N+](=O)[O-])N(C)C(=O)OCc1ccccc1. The van der Waals surface area contributed by atoms with Crippen LogP contribution in [0, 0.1) is 10.1 Å². The van der Waals surface area contributed by atoms with Crippen LogP contribution < -0.4 is 0 Å². The van der Waals surface area contributed by atoms with Gasteiger partial charge in [-0.15, -0.1) is 0 Å². The third-order valence-electron chi connectivity index (χ3n) is 3.58. The first-order valence-corrected chi connectivity index (χ1v) is 7.60. The highest BCUT2D eigenvalue weighted by molar-refractivity contribution is 5.67. The molecule has 0 aliphatic carbocycles. The number of nitro groups is 1. The van der Waals surface area contributed by atoms with Crippen LogP contribution in [0.1, 0.15) is 38.2 Å². The van der Waals surface area contributed by atoms with Crippen LogP contribution >= 0.6 is 0 Å². The normalized spacial score (nSPS) is 11.7. The van der Waals surface area contributed by atoms with Crippen LogP contribution in [0.15, 0.2) is 30.3 Å². The van der Waals surface area contributed by atoms with E-state index >= 15 is 0 Å². The van der Waals surface area contributed by atoms with Crippen molar-refractivity contribution in [2.24, 2.45) is 0 Å². The van der Waals surface area contributed by atoms with Gasteiger partial charge in [-0.25, -0.2) is 4.79 Å². The molecule has 1 atom stereocenters. The molecule has 0 spiro atoms. The second-order valence-corrected chi connectivity index (χ2v) is 5.29. The Morgan fingerprint density at radius 1 is 1.32 bits per heavy atom. The van der Waals surface area contributed by atoms with Crippen molar-refractivity contribution in [3.63, 3.8) is 0 Å². The third-order valence-corrected chi connectivity index (χ3v) is 3.58. The molecular formula is C16H24N2O4. The van der Waals surface area contributed by atoms with E-state index in [9.17, 15) is 14.9 Å². The summed E-state index contributed by atoms with van der Waals surface area (Å²) in [6.07, 6.45) is 2.58. The maximum absolute atomic E-state index is 12.1. The second kappa shape index (κ2) is 9.76. The number of carbonyl (C=O) groups excluding carboxylic acids is 1. The van der Waals surface area contributed by atoms with Crippen LogP contribution in [0.2, 0.25) is 0 Å². The number of carbonyl (C=O) groups is 1. The predicted molar refractivity (Wildman–Crippen MR) is 84.2 cm³/mol. The highest BCUT2D eigenvalue weighted by Crippen LogP contribution is 2.13. The lowest BCUT2D eigenvalue weighted by molar-refractivity contribution is -0.481. The zero-order chi connectivity index (χ0) is 16.4. The molecule has 0 saturated heterocycles. The maximum Gasteiger partial charge on any atom is 0.410 e. The Morgan fingerprint density at radius 3 is 2.59 bits per heavy atom. The molecule has 0 saturated carbocycles. The van der Waals surface area contributed by atoms with E-state index in [1.165, 1.54) is 4.90 Å². The Labute approximate surface area is 131 Å². The van der Waals surface area contributed by atoms with E-state index in [4.69, 9.17) is 4.74 Å². The Morgan fingerprint density at radius 2 is 2.00 bits per heavy atom. The van der Waals surface area contributed by atoms with Crippen molar-refractivity contribution in [2.75, 3.05) is 13.6 Å². The van der Waals surface area contributed by atoms with Crippen LogP contribution in [0.25, 0.3) is 0 Å². The number of amides is 1. The Kier molecular flexibility index (Phi) is 7.96. The van der Waals surface area contributed by atoms with Crippen molar-refractivity contribution in [1.29, 1.82) is 0 Å². The first kappa shape index (κ1) is 17.9. The predicted octanol–water partition coefficient (Wildman–Crippen LogP) is 3.48. The highest BCUT2D eigenvalue weighted by atomic mass is 16.6. The van der Waals surface area contributed by atoms with Crippen molar-refractivity contribution in [3.8, 4) is 0 Å². The fourth-order valence-corrected chi connectivity index (χ4v) is 2.20. The van der Waals surface area contributed by atoms with Gasteiger partial charge in [-0.3, -0.25) is 10.1 Å². The third kappa shape index (κ3) is 6.56. The summed E-state index contributed by atoms with van der Waals surface area (Å²) < 4.78 is 5.27. The molecule has 0 aromatic heterocycles. The van der Waals surface area contributed by atoms with Gasteiger partial charge in [0.15, 0.2) is 0 Å². The van der Waals surface area contributed by atoms with E-state index in [0.29, 0.717) is 6.42 Å². The number of nitrogens with zero attached hydrogens (tertiary/aromatic N) is 2. The molecule has 0 fully saturated rings. The molecule has 0 bridgehead atoms. The minimum Gasteiger partial charge on any atom is -0.445 e. The summed E-state index contributed by atoms with van der Waals surface area (Å²) in [6.45, 7) is 2.13. The van der Waals surface area contributed by atoms with Gasteiger partial charge in [-0.05, 0) is 12.0 Å². The monoisotopic (exact) mass is 308 g/mol. The van der Waals surface area contributed by atoms with Gasteiger partial charge in [0, 0.05) is 24.4 Å². The first-order chi connectivity index (χ1) is 10.5. The van der Waals surface area contributed by atoms with Gasteiger partial charge in [0.05, 0.1) is 0 Å². The molecule has 1 rings (SSSR count). The largest absolute Gasteiger partial charge is 0.445 e. The van der Waals surface area contributed by atoms with Gasteiger partial charge in [0.25, 0.3) is 0 Å². The first-order valence-electron chi connectivity index (χ1n) is 7.60. The molecule has 6 nitrogen and oxygen atoms in total. The molecule has 0 heterocycles. The summed E-state index contributed by atoms with van der Waals surface area (Å²) >= 11 is 0. The zero-order valence-corrected chi connectivity index (χ0v) is 13.2. The topological polar surface area (TPSA) is 72.7 Å². The number of rotatable bonds is 9. The molecule has 0 aliphatic rings. The summed E-state index contributed by atoms with van der Waals surface area (Å²) in [5, 5.41) is 10.6. The minimum absolute atomic E-state index is 0.134. The smallest absolute Gasteiger partial charge is 0.410 e. The highest BCUT2D eigenvalue weighted by Gasteiger charge is 2.22. The van der Waals surface area contributed by atoms with E-state index in [1.807, 2.05) is 30.3 Å². The van der Waals surface area contributed by atoms with E-state index in [-0.39, 0.29) is 24.1 Å². The van der Waals surface area contributed by atoms with E-state index < -0.39 is 6.09 Å². The number of ether oxygens (including phenoxy) is 1. The summed E-state index contributed by atoms with van der Waals surface area (Å²) in [6, 6.07) is 9.27. The molecule has 0 radical (unpaired) electrons. The molecule has 1 aromatic carbocycles. The lowest BCUT2D eigenvalue weighted by Gasteiger charge is -2.26. The van der Waals surface area contributed by atoms with Crippen molar-refractivity contribution >= 4 is 6.09 Å². The van der Waals surface area contributed by atoms with Gasteiger partial charge in [-0.2, -0.15) is 0 Å². The Hall–Kier alpha value is -2.11. The lowest BCUT2D eigenvalue weighted by Crippen LogP contribution is -2.38. The zero-order valence-electron chi connectivity index (χ0n) is 13.2. The van der Waals surface area contributed by atoms with Crippen LogP contribution in [0.5, 0.6) is 0 Å². The Bertz CT molecular complexity index is 464. The molecule has 1 amide bonds. The molecule has 22 heavy (non-hydrogen) atoms. The lowest BCUT2D eigenvalue weighted by atomic mass is 10.1. The fraction of sp³-hybridized carbons (Fsp3) is 0.562. The van der Waals surface area contributed by atoms with Gasteiger partial charge in [0.1, 0.15) is 6.61 Å². The summed E-state index contributed by atoms with van der Waals surface area (Å²) in [5.41, 5.74) is 0.916. The van der Waals surface area contributed by atoms with E-state index in [0.717, 1.165) is 24.8 Å². The summed E-state index contributed by atoms with van der Waals surface area (Å²) in [7, 11) is 1.65. The number of benzene rings is 1. The van der Waals surface area contributed by atoms with Crippen molar-refractivity contribution in [2.45, 2.75) is 45.3 Å². The van der Waals surface area contributed by atoms with Crippen LogP contribution in [-0.4, -0.2) is 35.6 Å². The van der Waals surface area contributed by atoms with E-state index in [1.54, 1.807) is 7.05 Å². The molecule has 6 heteroatoms. The number of unbranched alkanes of at least 4 members (excludes halogenated alkanes) is 1. The van der Waals surface area contributed by atoms with Crippen LogP contribution in [0.3, 0.4) is 0 Å². The molecule has 0 aliphatic heterocycles. The quantitative estimate of drug-likeness (QED) is 0.517. The molecule has 0 N–H and O–H groups in total. The molecule has 122 valence electrons. The van der Waals surface area contributed by atoms with Gasteiger partial charge >= 0.3 is 6.09 Å². The van der Waals surface area contributed by atoms with Gasteiger partial charge in [0.2, 0.25) is 6.54 Å². The number of hydrogen-bond donors (Lipinski definition) is 0. The Balaban J connectivity index is 2.52. The summed E-state index contributed by atoms with van der Waals surface area (Å²) in [5.74, 6) is 0. The van der Waals surface area contributed by atoms with Gasteiger partial charge < -0.3 is 9.64 Å². The molecule has 0 unspecified atom stereocenters. The van der Waals surface area contributed by atoms with Crippen LogP contribution in [0.4, 0.5) is 4.79 Å². The molecular weight excluding hydrogens is 284 g/mol. The van der Waals surface area contributed by atoms with Crippen LogP contribution in [-0.2, 0) is 11.3 Å². The second-order valence-electron chi connectivity index (χ2n) is 5.29. The average Bonchev–Trinajstić information content (AvgIpc) is 2.53. The average molecular weight is 308 g/mol. The van der Waals surface area contributed by atoms with Crippen molar-refractivity contribution in [3.05, 3.63) is 46.0 Å². The van der Waals surface area contributed by atoms with Crippen molar-refractivity contribution in [1.82, 2.24) is 4.90 Å².